The number of aromatic nitrogens is 3. The minimum absolute atomic E-state index is 0.301. The maximum atomic E-state index is 11.3. The zero-order valence-corrected chi connectivity index (χ0v) is 9.46. The van der Waals surface area contributed by atoms with Gasteiger partial charge in [0.15, 0.2) is 5.82 Å². The fraction of sp³-hybridized carbons (Fsp3) is 0.222. The van der Waals surface area contributed by atoms with E-state index in [0.29, 0.717) is 22.4 Å². The van der Waals surface area contributed by atoms with Gasteiger partial charge in [0.05, 0.1) is 4.91 Å². The molecule has 6 nitrogen and oxygen atoms in total. The second kappa shape index (κ2) is 4.01. The normalized spacial score (nSPS) is 18.0. The zero-order chi connectivity index (χ0) is 11.7. The van der Waals surface area contributed by atoms with E-state index in [1.165, 1.54) is 6.08 Å². The number of nitrogens with one attached hydrogen (secondary N) is 1. The van der Waals surface area contributed by atoms with E-state index < -0.39 is 5.91 Å². The number of thioether (sulfide) groups is 1. The monoisotopic (exact) mass is 236 g/mol. The first-order valence-corrected chi connectivity index (χ1v) is 5.30. The predicted molar refractivity (Wildman–Crippen MR) is 58.4 cm³/mol. The van der Waals surface area contributed by atoms with Crippen LogP contribution in [0.5, 0.6) is 0 Å². The Kier molecular flexibility index (Phi) is 2.69. The fourth-order valence-electron chi connectivity index (χ4n) is 1.24. The van der Waals surface area contributed by atoms with Crippen LogP contribution in [0.1, 0.15) is 17.5 Å². The Labute approximate surface area is 95.6 Å². The molecule has 0 spiro atoms. The van der Waals surface area contributed by atoms with Crippen LogP contribution in [0.3, 0.4) is 0 Å². The van der Waals surface area contributed by atoms with Gasteiger partial charge < -0.3 is 0 Å². The van der Waals surface area contributed by atoms with Crippen molar-refractivity contribution in [3.05, 3.63) is 22.4 Å². The number of nitrogens with zero attached hydrogens (tertiary/aromatic N) is 3. The molecular weight excluding hydrogens is 228 g/mol. The van der Waals surface area contributed by atoms with Crippen LogP contribution in [-0.4, -0.2) is 26.1 Å². The molecule has 1 aromatic rings. The number of carbonyl (C=O) groups excluding carboxylic acids is 2. The van der Waals surface area contributed by atoms with E-state index in [0.717, 1.165) is 11.8 Å². The lowest BCUT2D eigenvalue weighted by Gasteiger charge is -1.97. The standard InChI is InChI=1S/C9H8N4O2S/c1-4-10-5(2)12-7(11-4)3-6-8(14)13-9(15)16-6/h3H,1-2H3,(H,13,14,15). The van der Waals surface area contributed by atoms with Gasteiger partial charge in [0, 0.05) is 6.08 Å². The molecule has 7 heteroatoms. The van der Waals surface area contributed by atoms with Crippen molar-refractivity contribution < 1.29 is 9.59 Å². The number of hydrogen-bond donors (Lipinski definition) is 1. The Morgan fingerprint density at radius 3 is 2.25 bits per heavy atom. The number of carbonyl (C=O) groups is 2. The second-order valence-electron chi connectivity index (χ2n) is 3.14. The third-order valence-corrected chi connectivity index (χ3v) is 2.59. The van der Waals surface area contributed by atoms with E-state index in [1.807, 2.05) is 0 Å². The summed E-state index contributed by atoms with van der Waals surface area (Å²) in [7, 11) is 0. The Balaban J connectivity index is 2.36. The van der Waals surface area contributed by atoms with Crippen molar-refractivity contribution in [1.29, 1.82) is 0 Å². The van der Waals surface area contributed by atoms with Gasteiger partial charge in [-0.1, -0.05) is 0 Å². The number of imide groups is 1. The molecule has 0 radical (unpaired) electrons. The van der Waals surface area contributed by atoms with Gasteiger partial charge in [0.2, 0.25) is 0 Å². The van der Waals surface area contributed by atoms with Crippen LogP contribution in [0.2, 0.25) is 0 Å². The van der Waals surface area contributed by atoms with Crippen molar-refractivity contribution >= 4 is 29.0 Å². The molecule has 2 amide bonds. The zero-order valence-electron chi connectivity index (χ0n) is 8.64. The smallest absolute Gasteiger partial charge is 0.282 e. The third kappa shape index (κ3) is 2.25. The highest BCUT2D eigenvalue weighted by atomic mass is 32.2. The molecule has 82 valence electrons. The summed E-state index contributed by atoms with van der Waals surface area (Å²) in [4.78, 5) is 34.6. The van der Waals surface area contributed by atoms with E-state index in [1.54, 1.807) is 13.8 Å². The molecule has 2 heterocycles. The second-order valence-corrected chi connectivity index (χ2v) is 4.16. The van der Waals surface area contributed by atoms with Crippen LogP contribution in [0.4, 0.5) is 4.79 Å². The van der Waals surface area contributed by atoms with Crippen LogP contribution in [0, 0.1) is 13.8 Å². The number of rotatable bonds is 1. The van der Waals surface area contributed by atoms with Gasteiger partial charge in [-0.05, 0) is 25.6 Å². The van der Waals surface area contributed by atoms with Gasteiger partial charge in [-0.15, -0.1) is 0 Å². The van der Waals surface area contributed by atoms with Gasteiger partial charge in [-0.25, -0.2) is 15.0 Å². The summed E-state index contributed by atoms with van der Waals surface area (Å²) in [6, 6.07) is 0. The molecule has 0 bridgehead atoms. The predicted octanol–water partition coefficient (Wildman–Crippen LogP) is 0.812. The lowest BCUT2D eigenvalue weighted by molar-refractivity contribution is -0.115. The molecule has 0 unspecified atom stereocenters. The Morgan fingerprint density at radius 1 is 1.12 bits per heavy atom. The third-order valence-electron chi connectivity index (χ3n) is 1.78. The average molecular weight is 236 g/mol. The maximum Gasteiger partial charge on any atom is 0.290 e. The lowest BCUT2D eigenvalue weighted by Crippen LogP contribution is -2.17. The largest absolute Gasteiger partial charge is 0.290 e. The molecule has 1 aliphatic heterocycles. The Morgan fingerprint density at radius 2 is 1.75 bits per heavy atom. The van der Waals surface area contributed by atoms with E-state index in [4.69, 9.17) is 0 Å². The van der Waals surface area contributed by atoms with Crippen LogP contribution in [-0.2, 0) is 4.79 Å². The summed E-state index contributed by atoms with van der Waals surface area (Å²) in [6.45, 7) is 3.48. The molecule has 1 fully saturated rings. The Hall–Kier alpha value is -1.76. The minimum atomic E-state index is -0.411. The van der Waals surface area contributed by atoms with Gasteiger partial charge in [0.25, 0.3) is 11.1 Å². The molecule has 0 atom stereocenters. The van der Waals surface area contributed by atoms with Crippen LogP contribution >= 0.6 is 11.8 Å². The summed E-state index contributed by atoms with van der Waals surface area (Å²) >= 11 is 0.841. The summed E-state index contributed by atoms with van der Waals surface area (Å²) in [5.74, 6) is 1.13. The van der Waals surface area contributed by atoms with Crippen molar-refractivity contribution in [3.8, 4) is 0 Å². The maximum absolute atomic E-state index is 11.3. The van der Waals surface area contributed by atoms with Crippen molar-refractivity contribution in [3.63, 3.8) is 0 Å². The minimum Gasteiger partial charge on any atom is -0.282 e. The van der Waals surface area contributed by atoms with Crippen LogP contribution in [0.25, 0.3) is 6.08 Å². The molecular formula is C9H8N4O2S. The van der Waals surface area contributed by atoms with E-state index in [2.05, 4.69) is 20.3 Å². The van der Waals surface area contributed by atoms with E-state index >= 15 is 0 Å². The van der Waals surface area contributed by atoms with Crippen molar-refractivity contribution in [2.24, 2.45) is 0 Å². The van der Waals surface area contributed by atoms with Gasteiger partial charge in [0.1, 0.15) is 11.6 Å². The molecule has 1 saturated heterocycles. The summed E-state index contributed by atoms with van der Waals surface area (Å²) in [5, 5.41) is 1.79. The van der Waals surface area contributed by atoms with Crippen molar-refractivity contribution in [2.45, 2.75) is 13.8 Å². The first-order chi connectivity index (χ1) is 7.54. The molecule has 1 aliphatic rings. The molecule has 2 rings (SSSR count). The average Bonchev–Trinajstić information content (AvgIpc) is 2.43. The highest BCUT2D eigenvalue weighted by Gasteiger charge is 2.25. The Bertz CT molecular complexity index is 492. The molecule has 0 aliphatic carbocycles. The summed E-state index contributed by atoms with van der Waals surface area (Å²) in [5.41, 5.74) is 0. The molecule has 0 aromatic carbocycles. The molecule has 0 saturated carbocycles. The van der Waals surface area contributed by atoms with Gasteiger partial charge in [-0.3, -0.25) is 14.9 Å². The first-order valence-electron chi connectivity index (χ1n) is 4.49. The lowest BCUT2D eigenvalue weighted by atomic mass is 10.4. The number of hydrogen-bond acceptors (Lipinski definition) is 6. The van der Waals surface area contributed by atoms with Gasteiger partial charge in [-0.2, -0.15) is 0 Å². The fourth-order valence-corrected chi connectivity index (χ4v) is 1.90. The van der Waals surface area contributed by atoms with E-state index in [-0.39, 0.29) is 5.24 Å². The van der Waals surface area contributed by atoms with Crippen molar-refractivity contribution in [1.82, 2.24) is 20.3 Å². The molecule has 16 heavy (non-hydrogen) atoms. The highest BCUT2D eigenvalue weighted by molar-refractivity contribution is 8.18. The topological polar surface area (TPSA) is 84.8 Å². The van der Waals surface area contributed by atoms with Crippen molar-refractivity contribution in [2.75, 3.05) is 0 Å². The number of amides is 2. The van der Waals surface area contributed by atoms with Gasteiger partial charge >= 0.3 is 0 Å². The summed E-state index contributed by atoms with van der Waals surface area (Å²) < 4.78 is 0. The molecule has 1 N–H and O–H groups in total. The van der Waals surface area contributed by atoms with Crippen LogP contribution < -0.4 is 5.32 Å². The van der Waals surface area contributed by atoms with Crippen LogP contribution in [0.15, 0.2) is 4.91 Å². The van der Waals surface area contributed by atoms with E-state index in [9.17, 15) is 9.59 Å². The SMILES string of the molecule is Cc1nc(C)nc(C=C2SC(=O)NC2=O)n1. The highest BCUT2D eigenvalue weighted by Crippen LogP contribution is 2.24. The number of aryl methyl sites for hydroxylation is 2. The molecule has 1 aromatic heterocycles. The first kappa shape index (κ1) is 10.7. The summed E-state index contributed by atoms with van der Waals surface area (Å²) in [6.07, 6.45) is 1.48. The quantitative estimate of drug-likeness (QED) is 0.726.